The van der Waals surface area contributed by atoms with Crippen LogP contribution in [0.5, 0.6) is 0 Å². The Morgan fingerprint density at radius 2 is 2.06 bits per heavy atom. The van der Waals surface area contributed by atoms with Crippen LogP contribution >= 0.6 is 24.0 Å². The monoisotopic (exact) mass is 553 g/mol. The first-order chi connectivity index (χ1) is 15.3. The van der Waals surface area contributed by atoms with Crippen molar-refractivity contribution in [2.45, 2.75) is 70.4 Å². The molecular weight excluding hydrogens is 517 g/mol. The number of nitrogens with zero attached hydrogens (tertiary/aromatic N) is 5. The molecule has 1 saturated heterocycles. The van der Waals surface area contributed by atoms with Crippen molar-refractivity contribution < 1.29 is 4.52 Å². The fraction of sp³-hybridized carbons (Fsp3) is 0.652. The summed E-state index contributed by atoms with van der Waals surface area (Å²) in [6, 6.07) is 6.87. The van der Waals surface area contributed by atoms with Gasteiger partial charge in [-0.1, -0.05) is 30.5 Å². The minimum Gasteiger partial charge on any atom is -0.357 e. The quantitative estimate of drug-likeness (QED) is 0.307. The zero-order chi connectivity index (χ0) is 21.3. The van der Waals surface area contributed by atoms with Gasteiger partial charge in [0.15, 0.2) is 11.8 Å². The molecule has 2 aliphatic rings. The molecule has 1 aliphatic heterocycles. The lowest BCUT2D eigenvalue weighted by Crippen LogP contribution is -2.53. The maximum atomic E-state index is 5.34. The normalized spacial score (nSPS) is 20.5. The zero-order valence-corrected chi connectivity index (χ0v) is 21.3. The number of aliphatic imine (C=N–C) groups is 1. The summed E-state index contributed by atoms with van der Waals surface area (Å²) < 4.78 is 5.34. The number of nitrogens with one attached hydrogen (secondary N) is 2. The van der Waals surface area contributed by atoms with E-state index in [0.717, 1.165) is 25.1 Å². The first-order valence-electron chi connectivity index (χ1n) is 11.8. The molecule has 2 aromatic rings. The fourth-order valence-corrected chi connectivity index (χ4v) is 4.63. The SMILES string of the molecule is CCNC(=NCCc1noc(-c2ccccn2)n1)NC1CCCN(C2CCCCC2)C1.I. The smallest absolute Gasteiger partial charge is 0.276 e. The molecule has 4 rings (SSSR count). The second-order valence-electron chi connectivity index (χ2n) is 8.51. The first-order valence-corrected chi connectivity index (χ1v) is 11.8. The van der Waals surface area contributed by atoms with E-state index < -0.39 is 0 Å². The molecule has 3 heterocycles. The number of hydrogen-bond donors (Lipinski definition) is 2. The summed E-state index contributed by atoms with van der Waals surface area (Å²) in [5.74, 6) is 1.99. The molecule has 2 N–H and O–H groups in total. The van der Waals surface area contributed by atoms with Gasteiger partial charge in [-0.3, -0.25) is 14.9 Å². The molecule has 0 radical (unpaired) electrons. The third-order valence-corrected chi connectivity index (χ3v) is 6.19. The van der Waals surface area contributed by atoms with Gasteiger partial charge in [0.05, 0.1) is 0 Å². The Kier molecular flexibility index (Phi) is 10.2. The number of pyridine rings is 1. The Morgan fingerprint density at radius 1 is 1.19 bits per heavy atom. The summed E-state index contributed by atoms with van der Waals surface area (Å²) in [4.78, 5) is 16.2. The maximum Gasteiger partial charge on any atom is 0.276 e. The fourth-order valence-electron chi connectivity index (χ4n) is 4.63. The number of halogens is 1. The van der Waals surface area contributed by atoms with Crippen molar-refractivity contribution in [3.63, 3.8) is 0 Å². The first kappa shape index (κ1) is 24.9. The van der Waals surface area contributed by atoms with Gasteiger partial charge in [-0.15, -0.1) is 24.0 Å². The predicted molar refractivity (Wildman–Crippen MR) is 137 cm³/mol. The Hall–Kier alpha value is -1.75. The molecule has 1 atom stereocenters. The summed E-state index contributed by atoms with van der Waals surface area (Å²) in [5, 5.41) is 11.1. The third-order valence-electron chi connectivity index (χ3n) is 6.19. The van der Waals surface area contributed by atoms with Gasteiger partial charge in [-0.25, -0.2) is 0 Å². The topological polar surface area (TPSA) is 91.5 Å². The van der Waals surface area contributed by atoms with Crippen molar-refractivity contribution in [1.29, 1.82) is 0 Å². The van der Waals surface area contributed by atoms with Crippen LogP contribution in [0.25, 0.3) is 11.6 Å². The highest BCUT2D eigenvalue weighted by Gasteiger charge is 2.27. The van der Waals surface area contributed by atoms with Crippen molar-refractivity contribution in [2.75, 3.05) is 26.2 Å². The van der Waals surface area contributed by atoms with E-state index in [1.54, 1.807) is 6.20 Å². The van der Waals surface area contributed by atoms with Crippen molar-refractivity contribution >= 4 is 29.9 Å². The minimum absolute atomic E-state index is 0. The Bertz CT molecular complexity index is 823. The summed E-state index contributed by atoms with van der Waals surface area (Å²) >= 11 is 0. The number of likely N-dealkylation sites (tertiary alicyclic amines) is 1. The molecule has 2 aromatic heterocycles. The van der Waals surface area contributed by atoms with Crippen molar-refractivity contribution in [3.05, 3.63) is 30.2 Å². The van der Waals surface area contributed by atoms with Gasteiger partial charge in [0, 0.05) is 44.3 Å². The van der Waals surface area contributed by atoms with Crippen LogP contribution in [-0.4, -0.2) is 64.2 Å². The second-order valence-corrected chi connectivity index (χ2v) is 8.51. The maximum absolute atomic E-state index is 5.34. The molecule has 1 saturated carbocycles. The van der Waals surface area contributed by atoms with Crippen molar-refractivity contribution in [3.8, 4) is 11.6 Å². The van der Waals surface area contributed by atoms with Crippen LogP contribution in [0.1, 0.15) is 57.7 Å². The molecule has 9 heteroatoms. The van der Waals surface area contributed by atoms with Gasteiger partial charge >= 0.3 is 0 Å². The summed E-state index contributed by atoms with van der Waals surface area (Å²) in [7, 11) is 0. The Labute approximate surface area is 208 Å². The van der Waals surface area contributed by atoms with E-state index in [2.05, 4.69) is 37.6 Å². The number of guanidine groups is 1. The van der Waals surface area contributed by atoms with Crippen LogP contribution in [0.15, 0.2) is 33.9 Å². The molecule has 0 amide bonds. The van der Waals surface area contributed by atoms with E-state index in [1.165, 1.54) is 51.5 Å². The molecule has 32 heavy (non-hydrogen) atoms. The highest BCUT2D eigenvalue weighted by Crippen LogP contribution is 2.25. The van der Waals surface area contributed by atoms with Gasteiger partial charge in [0.25, 0.3) is 5.89 Å². The molecule has 2 fully saturated rings. The van der Waals surface area contributed by atoms with E-state index in [9.17, 15) is 0 Å². The number of aromatic nitrogens is 3. The van der Waals surface area contributed by atoms with E-state index in [-0.39, 0.29) is 24.0 Å². The molecule has 8 nitrogen and oxygen atoms in total. The Morgan fingerprint density at radius 3 is 2.84 bits per heavy atom. The lowest BCUT2D eigenvalue weighted by atomic mass is 9.92. The third kappa shape index (κ3) is 7.13. The molecule has 0 bridgehead atoms. The van der Waals surface area contributed by atoms with Crippen LogP contribution in [0.3, 0.4) is 0 Å². The molecule has 176 valence electrons. The molecule has 1 unspecified atom stereocenters. The molecule has 0 aromatic carbocycles. The molecule has 1 aliphatic carbocycles. The van der Waals surface area contributed by atoms with Crippen molar-refractivity contribution in [1.82, 2.24) is 30.7 Å². The van der Waals surface area contributed by atoms with Gasteiger partial charge in [0.1, 0.15) is 5.69 Å². The van der Waals surface area contributed by atoms with Crippen LogP contribution < -0.4 is 10.6 Å². The van der Waals surface area contributed by atoms with Gasteiger partial charge < -0.3 is 15.2 Å². The second kappa shape index (κ2) is 13.1. The van der Waals surface area contributed by atoms with E-state index in [0.29, 0.717) is 36.4 Å². The highest BCUT2D eigenvalue weighted by molar-refractivity contribution is 14.0. The lowest BCUT2D eigenvalue weighted by molar-refractivity contribution is 0.115. The van der Waals surface area contributed by atoms with Crippen LogP contribution in [0.2, 0.25) is 0 Å². The number of rotatable bonds is 7. The highest BCUT2D eigenvalue weighted by atomic mass is 127. The number of piperidine rings is 1. The molecular formula is C23H36IN7O. The van der Waals surface area contributed by atoms with Gasteiger partial charge in [0.2, 0.25) is 0 Å². The summed E-state index contributed by atoms with van der Waals surface area (Å²) in [5.41, 5.74) is 0.694. The van der Waals surface area contributed by atoms with Gasteiger partial charge in [-0.2, -0.15) is 4.98 Å². The largest absolute Gasteiger partial charge is 0.357 e. The minimum atomic E-state index is 0. The van der Waals surface area contributed by atoms with Crippen molar-refractivity contribution in [2.24, 2.45) is 4.99 Å². The lowest BCUT2D eigenvalue weighted by Gasteiger charge is -2.40. The van der Waals surface area contributed by atoms with E-state index in [4.69, 9.17) is 9.52 Å². The zero-order valence-electron chi connectivity index (χ0n) is 19.0. The Balaban J connectivity index is 0.00000289. The average molecular weight is 553 g/mol. The molecule has 0 spiro atoms. The van der Waals surface area contributed by atoms with Crippen LogP contribution in [0, 0.1) is 0 Å². The predicted octanol–water partition coefficient (Wildman–Crippen LogP) is 3.64. The van der Waals surface area contributed by atoms with Crippen LogP contribution in [0.4, 0.5) is 0 Å². The van der Waals surface area contributed by atoms with Crippen LogP contribution in [-0.2, 0) is 6.42 Å². The number of hydrogen-bond acceptors (Lipinski definition) is 6. The summed E-state index contributed by atoms with van der Waals surface area (Å²) in [6.45, 7) is 5.91. The summed E-state index contributed by atoms with van der Waals surface area (Å²) in [6.07, 6.45) is 11.7. The van der Waals surface area contributed by atoms with E-state index >= 15 is 0 Å². The van der Waals surface area contributed by atoms with E-state index in [1.807, 2.05) is 18.2 Å². The average Bonchev–Trinajstić information content (AvgIpc) is 3.30. The van der Waals surface area contributed by atoms with Gasteiger partial charge in [-0.05, 0) is 51.3 Å². The standard InChI is InChI=1S/C23H35N7O.HI/c1-2-24-23(27-18-9-8-16-30(17-18)19-10-4-3-5-11-19)26-15-13-21-28-22(31-29-21)20-12-6-7-14-25-20;/h6-7,12,14,18-19H,2-5,8-11,13,15-17H2,1H3,(H2,24,26,27);1H.